The summed E-state index contributed by atoms with van der Waals surface area (Å²) in [7, 11) is -4.40. The molecule has 0 bridgehead atoms. The van der Waals surface area contributed by atoms with Crippen LogP contribution in [0.25, 0.3) is 11.3 Å². The summed E-state index contributed by atoms with van der Waals surface area (Å²) < 4.78 is 92.4. The summed E-state index contributed by atoms with van der Waals surface area (Å²) in [6.45, 7) is 1.86. The predicted octanol–water partition coefficient (Wildman–Crippen LogP) is 4.98. The van der Waals surface area contributed by atoms with Gasteiger partial charge in [-0.15, -0.1) is 0 Å². The van der Waals surface area contributed by atoms with Crippen LogP contribution < -0.4 is 20.1 Å². The summed E-state index contributed by atoms with van der Waals surface area (Å²) in [6, 6.07) is 11.8. The number of hydrogen-bond acceptors (Lipinski definition) is 9. The molecule has 0 unspecified atom stereocenters. The van der Waals surface area contributed by atoms with Gasteiger partial charge in [0, 0.05) is 43.5 Å². The Kier molecular flexibility index (Phi) is 8.93. The molecule has 0 spiro atoms. The maximum atomic E-state index is 15.4. The number of anilines is 2. The number of benzene rings is 2. The molecule has 3 N–H and O–H groups in total. The van der Waals surface area contributed by atoms with Crippen LogP contribution in [0.3, 0.4) is 0 Å². The highest BCUT2D eigenvalue weighted by Gasteiger charge is 2.28. The second-order valence-corrected chi connectivity index (χ2v) is 11.7. The van der Waals surface area contributed by atoms with E-state index in [0.29, 0.717) is 12.1 Å². The Hall–Kier alpha value is -4.81. The number of hydrogen-bond donors (Lipinski definition) is 3. The molecule has 4 aromatic rings. The standard InChI is InChI=1S/C29H25F4N7O3S/c1-16-23(31)26(40-44(41,42)15-18-6-4-17(12-34)5-7-18)24(32)25(33)27(16)43-28-21(3-2-9-36-28)22-8-10-37-29(39-22)38-20-11-19(30)13-35-14-20/h2-10,19-20,35,40H,11,13-15H2,1H3,(H,37,38,39)/t19-,20-/m0/s1. The lowest BCUT2D eigenvalue weighted by Crippen LogP contribution is -2.44. The fourth-order valence-corrected chi connectivity index (χ4v) is 5.77. The van der Waals surface area contributed by atoms with Gasteiger partial charge in [0.1, 0.15) is 11.9 Å². The summed E-state index contributed by atoms with van der Waals surface area (Å²) in [5, 5.41) is 14.9. The van der Waals surface area contributed by atoms with E-state index >= 15 is 13.2 Å². The van der Waals surface area contributed by atoms with Gasteiger partial charge in [-0.05, 0) is 42.8 Å². The third-order valence-corrected chi connectivity index (χ3v) is 7.96. The quantitative estimate of drug-likeness (QED) is 0.173. The van der Waals surface area contributed by atoms with Crippen LogP contribution >= 0.6 is 0 Å². The second kappa shape index (κ2) is 12.8. The van der Waals surface area contributed by atoms with Crippen LogP contribution in [-0.2, 0) is 15.8 Å². The van der Waals surface area contributed by atoms with Crippen molar-refractivity contribution in [3.8, 4) is 29.0 Å². The Labute approximate surface area is 250 Å². The monoisotopic (exact) mass is 627 g/mol. The molecule has 2 atom stereocenters. The molecule has 0 saturated carbocycles. The van der Waals surface area contributed by atoms with E-state index in [1.165, 1.54) is 42.7 Å². The van der Waals surface area contributed by atoms with Crippen LogP contribution in [-0.4, -0.2) is 48.7 Å². The number of halogens is 4. The largest absolute Gasteiger partial charge is 0.435 e. The molecule has 1 aliphatic heterocycles. The van der Waals surface area contributed by atoms with Crippen molar-refractivity contribution in [2.24, 2.45) is 0 Å². The molecule has 10 nitrogen and oxygen atoms in total. The lowest BCUT2D eigenvalue weighted by atomic mass is 10.1. The molecular formula is C29H25F4N7O3S. The molecule has 0 radical (unpaired) electrons. The average molecular weight is 628 g/mol. The van der Waals surface area contributed by atoms with Gasteiger partial charge in [-0.1, -0.05) is 12.1 Å². The Morgan fingerprint density at radius 2 is 1.82 bits per heavy atom. The van der Waals surface area contributed by atoms with Crippen molar-refractivity contribution < 1.29 is 30.7 Å². The minimum atomic E-state index is -4.40. The van der Waals surface area contributed by atoms with E-state index in [0.717, 1.165) is 6.92 Å². The zero-order valence-corrected chi connectivity index (χ0v) is 23.9. The topological polar surface area (TPSA) is 142 Å². The van der Waals surface area contributed by atoms with E-state index < -0.39 is 56.4 Å². The second-order valence-electron chi connectivity index (χ2n) is 10.00. The number of sulfonamides is 1. The molecule has 0 aliphatic carbocycles. The SMILES string of the molecule is Cc1c(F)c(NS(=O)(=O)Cc2ccc(C#N)cc2)c(F)c(F)c1Oc1ncccc1-c1ccnc(N[C@@H]2CNC[C@@H](F)C2)n1. The number of piperidine rings is 1. The van der Waals surface area contributed by atoms with Gasteiger partial charge < -0.3 is 15.4 Å². The van der Waals surface area contributed by atoms with E-state index in [1.54, 1.807) is 16.9 Å². The third kappa shape index (κ3) is 6.87. The molecule has 1 saturated heterocycles. The van der Waals surface area contributed by atoms with Gasteiger partial charge in [0.25, 0.3) is 0 Å². The van der Waals surface area contributed by atoms with Gasteiger partial charge in [-0.3, -0.25) is 4.72 Å². The number of pyridine rings is 1. The summed E-state index contributed by atoms with van der Waals surface area (Å²) in [5.41, 5.74) is -0.686. The van der Waals surface area contributed by atoms with Crippen LogP contribution in [0.15, 0.2) is 54.9 Å². The highest BCUT2D eigenvalue weighted by Crippen LogP contribution is 2.39. The predicted molar refractivity (Wildman–Crippen MR) is 154 cm³/mol. The lowest BCUT2D eigenvalue weighted by Gasteiger charge is -2.26. The molecular weight excluding hydrogens is 602 g/mol. The Balaban J connectivity index is 1.40. The number of aromatic nitrogens is 3. The molecule has 3 heterocycles. The van der Waals surface area contributed by atoms with Gasteiger partial charge in [0.15, 0.2) is 17.4 Å². The van der Waals surface area contributed by atoms with Crippen LogP contribution in [0.4, 0.5) is 29.2 Å². The molecule has 15 heteroatoms. The molecule has 44 heavy (non-hydrogen) atoms. The van der Waals surface area contributed by atoms with Crippen LogP contribution in [0.2, 0.25) is 0 Å². The molecule has 2 aromatic carbocycles. The smallest absolute Gasteiger partial charge is 0.237 e. The van der Waals surface area contributed by atoms with Crippen molar-refractivity contribution in [3.05, 3.63) is 89.0 Å². The number of nitrogens with one attached hydrogen (secondary N) is 3. The zero-order valence-electron chi connectivity index (χ0n) is 23.1. The first-order valence-electron chi connectivity index (χ1n) is 13.3. The van der Waals surface area contributed by atoms with Gasteiger partial charge in [0.05, 0.1) is 28.6 Å². The molecule has 1 aliphatic rings. The number of nitrogens with zero attached hydrogens (tertiary/aromatic N) is 4. The normalized spacial score (nSPS) is 16.6. The van der Waals surface area contributed by atoms with Crippen molar-refractivity contribution in [2.75, 3.05) is 23.1 Å². The van der Waals surface area contributed by atoms with E-state index in [9.17, 15) is 12.8 Å². The number of ether oxygens (including phenoxy) is 1. The summed E-state index contributed by atoms with van der Waals surface area (Å²) in [4.78, 5) is 12.7. The van der Waals surface area contributed by atoms with E-state index in [2.05, 4.69) is 25.6 Å². The Morgan fingerprint density at radius 1 is 1.05 bits per heavy atom. The summed E-state index contributed by atoms with van der Waals surface area (Å²) >= 11 is 0. The van der Waals surface area contributed by atoms with E-state index in [4.69, 9.17) is 10.00 Å². The highest BCUT2D eigenvalue weighted by atomic mass is 32.2. The zero-order chi connectivity index (χ0) is 31.4. The minimum absolute atomic E-state index is 0.190. The number of rotatable bonds is 9. The van der Waals surface area contributed by atoms with Crippen molar-refractivity contribution >= 4 is 21.7 Å². The third-order valence-electron chi connectivity index (χ3n) is 6.73. The fourth-order valence-electron chi connectivity index (χ4n) is 4.58. The molecule has 2 aromatic heterocycles. The molecule has 228 valence electrons. The molecule has 0 amide bonds. The molecule has 1 fully saturated rings. The van der Waals surface area contributed by atoms with Crippen molar-refractivity contribution in [2.45, 2.75) is 31.3 Å². The van der Waals surface area contributed by atoms with E-state index in [-0.39, 0.29) is 47.7 Å². The first kappa shape index (κ1) is 30.6. The van der Waals surface area contributed by atoms with Crippen molar-refractivity contribution in [3.63, 3.8) is 0 Å². The van der Waals surface area contributed by atoms with Gasteiger partial charge in [-0.2, -0.15) is 9.65 Å². The lowest BCUT2D eigenvalue weighted by molar-refractivity contribution is 0.254. The maximum Gasteiger partial charge on any atom is 0.237 e. The van der Waals surface area contributed by atoms with Gasteiger partial charge in [0.2, 0.25) is 27.7 Å². The molecule has 5 rings (SSSR count). The Morgan fingerprint density at radius 3 is 2.55 bits per heavy atom. The van der Waals surface area contributed by atoms with Crippen LogP contribution in [0, 0.1) is 35.7 Å². The van der Waals surface area contributed by atoms with E-state index in [1.807, 2.05) is 6.07 Å². The van der Waals surface area contributed by atoms with Crippen molar-refractivity contribution in [1.29, 1.82) is 5.26 Å². The van der Waals surface area contributed by atoms with Gasteiger partial charge in [-0.25, -0.2) is 36.5 Å². The highest BCUT2D eigenvalue weighted by molar-refractivity contribution is 7.91. The van der Waals surface area contributed by atoms with Gasteiger partial charge >= 0.3 is 0 Å². The first-order valence-corrected chi connectivity index (χ1v) is 14.9. The summed E-state index contributed by atoms with van der Waals surface area (Å²) in [5.74, 6) is -6.43. The fraction of sp³-hybridized carbons (Fsp3) is 0.241. The minimum Gasteiger partial charge on any atom is -0.435 e. The number of nitriles is 1. The Bertz CT molecular complexity index is 1810. The van der Waals surface area contributed by atoms with Crippen molar-refractivity contribution in [1.82, 2.24) is 20.3 Å². The average Bonchev–Trinajstić information content (AvgIpc) is 3.01. The van der Waals surface area contributed by atoms with Crippen LogP contribution in [0.5, 0.6) is 11.6 Å². The van der Waals surface area contributed by atoms with Crippen LogP contribution in [0.1, 0.15) is 23.1 Å². The maximum absolute atomic E-state index is 15.4. The first-order chi connectivity index (χ1) is 21.0. The summed E-state index contributed by atoms with van der Waals surface area (Å²) in [6.07, 6.45) is 2.00. The number of alkyl halides is 1.